The number of hydrogen-bond donors (Lipinski definition) is 0. The molecule has 0 fully saturated rings. The Hall–Kier alpha value is -13.1. The van der Waals surface area contributed by atoms with Crippen LogP contribution in [0.5, 0.6) is 0 Å². The molecule has 16 aromatic carbocycles. The summed E-state index contributed by atoms with van der Waals surface area (Å²) < 4.78 is 7.13. The summed E-state index contributed by atoms with van der Waals surface area (Å²) in [7, 11) is 0. The van der Waals surface area contributed by atoms with Crippen molar-refractivity contribution in [1.29, 1.82) is 0 Å². The van der Waals surface area contributed by atoms with E-state index < -0.39 is 5.41 Å². The summed E-state index contributed by atoms with van der Waals surface area (Å²) in [6.07, 6.45) is 0. The summed E-state index contributed by atoms with van der Waals surface area (Å²) in [6.45, 7) is 14.2. The predicted molar refractivity (Wildman–Crippen MR) is 454 cm³/mol. The van der Waals surface area contributed by atoms with Crippen molar-refractivity contribution in [3.63, 3.8) is 0 Å². The second kappa shape index (κ2) is 23.2. The maximum absolute atomic E-state index is 7.13. The van der Waals surface area contributed by atoms with Crippen LogP contribution < -0.4 is 9.80 Å². The van der Waals surface area contributed by atoms with Crippen LogP contribution in [0.2, 0.25) is 0 Å². The number of anilines is 6. The molecule has 1 unspecified atom stereocenters. The zero-order valence-corrected chi connectivity index (χ0v) is 61.8. The first-order valence-electron chi connectivity index (χ1n) is 38.4. The topological polar surface area (TPSA) is 19.6 Å². The molecule has 5 aliphatic carbocycles. The van der Waals surface area contributed by atoms with Gasteiger partial charge in [-0.15, -0.1) is 0 Å². The van der Waals surface area contributed by atoms with Crippen LogP contribution in [0.4, 0.5) is 34.1 Å². The first-order chi connectivity index (χ1) is 53.3. The first-order valence-corrected chi connectivity index (χ1v) is 38.4. The summed E-state index contributed by atoms with van der Waals surface area (Å²) in [6, 6.07) is 132. The summed E-state index contributed by atoms with van der Waals surface area (Å²) >= 11 is 0. The second-order valence-electron chi connectivity index (χ2n) is 32.2. The van der Waals surface area contributed by atoms with Gasteiger partial charge in [0, 0.05) is 72.3 Å². The molecule has 1 atom stereocenters. The van der Waals surface area contributed by atoms with Gasteiger partial charge in [0.25, 0.3) is 0 Å². The van der Waals surface area contributed by atoms with E-state index in [9.17, 15) is 0 Å². The van der Waals surface area contributed by atoms with Crippen LogP contribution in [0, 0.1) is 0 Å². The Kier molecular flexibility index (Phi) is 13.5. The normalized spacial score (nSPS) is 15.5. The number of benzene rings is 16. The van der Waals surface area contributed by atoms with Gasteiger partial charge in [0.05, 0.1) is 5.41 Å². The highest BCUT2D eigenvalue weighted by molar-refractivity contribution is 6.15. The number of furan rings is 1. The van der Waals surface area contributed by atoms with Crippen molar-refractivity contribution in [2.24, 2.45) is 0 Å². The van der Waals surface area contributed by atoms with Gasteiger partial charge in [-0.25, -0.2) is 0 Å². The maximum atomic E-state index is 7.13. The average Bonchev–Trinajstić information content (AvgIpc) is 1.50. The lowest BCUT2D eigenvalue weighted by Crippen LogP contribution is -2.25. The molecule has 516 valence electrons. The smallest absolute Gasteiger partial charge is 0.143 e. The fourth-order valence-corrected chi connectivity index (χ4v) is 20.3. The molecule has 1 spiro atoms. The lowest BCUT2D eigenvalue weighted by Gasteiger charge is -2.31. The summed E-state index contributed by atoms with van der Waals surface area (Å²) in [5.74, 6) is 0. The van der Waals surface area contributed by atoms with Crippen molar-refractivity contribution in [3.8, 4) is 100 Å². The van der Waals surface area contributed by atoms with Crippen molar-refractivity contribution in [2.45, 2.75) is 63.2 Å². The van der Waals surface area contributed by atoms with E-state index in [1.165, 1.54) is 134 Å². The second-order valence-corrected chi connectivity index (χ2v) is 32.2. The minimum absolute atomic E-state index is 0.118. The standard InChI is InChI=1S/C106H76N2O/c1-103(2)91-34-17-13-27-86(91)100-95(103)61-59-85-84-31-20-30-78(101(84)109-102(85)100)70-46-52-72(53-47-70)107(75-54-57-82-79-24-10-15-32-89(79)104(3,4)97(82)63-75)71-48-44-68(45-49-71)66-38-40-69(41-39-66)77-29-21-37-96-99(77)87-28-14-19-36-93(87)106(96)92-35-18-12-26-81(92)88-62-74(56-60-94(88)106)108(73-50-42-67(43-51-73)65-22-8-7-9-23-65)76-55-58-83-80-25-11-16-33-90(80)105(5,6)98(83)64-76/h7-64H,1-6H3. The van der Waals surface area contributed by atoms with E-state index in [2.05, 4.69) is 403 Å². The van der Waals surface area contributed by atoms with Crippen LogP contribution in [-0.4, -0.2) is 0 Å². The first kappa shape index (κ1) is 63.2. The largest absolute Gasteiger partial charge is 0.455 e. The molecule has 0 aliphatic heterocycles. The summed E-state index contributed by atoms with van der Waals surface area (Å²) in [4.78, 5) is 4.91. The molecular weight excluding hydrogens is 1320 g/mol. The van der Waals surface area contributed by atoms with Crippen LogP contribution in [0.15, 0.2) is 356 Å². The Labute approximate surface area is 637 Å². The van der Waals surface area contributed by atoms with E-state index in [-0.39, 0.29) is 16.2 Å². The predicted octanol–water partition coefficient (Wildman–Crippen LogP) is 28.5. The zero-order valence-electron chi connectivity index (χ0n) is 61.8. The molecule has 109 heavy (non-hydrogen) atoms. The van der Waals surface area contributed by atoms with Gasteiger partial charge in [-0.2, -0.15) is 0 Å². The quantitative estimate of drug-likeness (QED) is 0.136. The Bertz CT molecular complexity index is 6670. The lowest BCUT2D eigenvalue weighted by atomic mass is 9.70. The lowest BCUT2D eigenvalue weighted by molar-refractivity contribution is 0.653. The molecule has 0 saturated heterocycles. The highest BCUT2D eigenvalue weighted by Gasteiger charge is 2.53. The monoisotopic (exact) mass is 1390 g/mol. The van der Waals surface area contributed by atoms with Crippen LogP contribution in [0.3, 0.4) is 0 Å². The highest BCUT2D eigenvalue weighted by atomic mass is 16.3. The maximum Gasteiger partial charge on any atom is 0.143 e. The Morgan fingerprint density at radius 2 is 0.532 bits per heavy atom. The van der Waals surface area contributed by atoms with E-state index in [0.717, 1.165) is 78.3 Å². The van der Waals surface area contributed by atoms with Gasteiger partial charge in [-0.1, -0.05) is 321 Å². The summed E-state index contributed by atoms with van der Waals surface area (Å²) in [5, 5.41) is 2.28. The SMILES string of the molecule is CC1(C)c2ccccc2-c2ccc(N(c3ccc(-c4ccc(-c5cccc6c5-c5ccccc5C65c6ccccc6-c6cc(N(c7ccc(-c8ccccc8)cc7)c7ccc8c(c7)C(C)(C)c7ccccc7-8)ccc65)cc4)cc3)c3ccc(-c4cccc5c4oc4c6c(ccc45)C(C)(C)c4ccccc4-6)cc3)cc21. The number of rotatable bonds is 10. The van der Waals surface area contributed by atoms with Crippen molar-refractivity contribution in [3.05, 3.63) is 407 Å². The molecule has 5 aliphatic rings. The third-order valence-electron chi connectivity index (χ3n) is 25.5. The van der Waals surface area contributed by atoms with Gasteiger partial charge in [0.1, 0.15) is 11.2 Å². The van der Waals surface area contributed by atoms with Crippen LogP contribution in [0.25, 0.3) is 122 Å². The molecule has 3 nitrogen and oxygen atoms in total. The van der Waals surface area contributed by atoms with Crippen molar-refractivity contribution in [2.75, 3.05) is 9.80 Å². The van der Waals surface area contributed by atoms with E-state index >= 15 is 0 Å². The van der Waals surface area contributed by atoms with Crippen molar-refractivity contribution in [1.82, 2.24) is 0 Å². The van der Waals surface area contributed by atoms with Gasteiger partial charge >= 0.3 is 0 Å². The van der Waals surface area contributed by atoms with E-state index in [1.54, 1.807) is 0 Å². The number of para-hydroxylation sites is 1. The van der Waals surface area contributed by atoms with Crippen molar-refractivity contribution < 1.29 is 4.42 Å². The molecule has 3 heteroatoms. The Balaban J connectivity index is 0.614. The highest BCUT2D eigenvalue weighted by Crippen LogP contribution is 2.65. The fraction of sp³-hybridized carbons (Fsp3) is 0.0943. The fourth-order valence-electron chi connectivity index (χ4n) is 20.3. The Morgan fingerprint density at radius 1 is 0.193 bits per heavy atom. The minimum atomic E-state index is -0.548. The molecule has 0 amide bonds. The van der Waals surface area contributed by atoms with Gasteiger partial charge in [0.2, 0.25) is 0 Å². The molecule has 0 radical (unpaired) electrons. The summed E-state index contributed by atoms with van der Waals surface area (Å²) in [5.41, 5.74) is 43.0. The average molecular weight is 1390 g/mol. The third-order valence-corrected chi connectivity index (χ3v) is 25.5. The molecule has 0 N–H and O–H groups in total. The molecule has 1 heterocycles. The molecule has 0 saturated carbocycles. The third kappa shape index (κ3) is 8.99. The van der Waals surface area contributed by atoms with Crippen LogP contribution >= 0.6 is 0 Å². The van der Waals surface area contributed by atoms with Crippen LogP contribution in [0.1, 0.15) is 97.2 Å². The van der Waals surface area contributed by atoms with Gasteiger partial charge < -0.3 is 14.2 Å². The van der Waals surface area contributed by atoms with Gasteiger partial charge in [-0.3, -0.25) is 0 Å². The molecule has 22 rings (SSSR count). The van der Waals surface area contributed by atoms with E-state index in [4.69, 9.17) is 4.42 Å². The molecule has 0 bridgehead atoms. The van der Waals surface area contributed by atoms with Gasteiger partial charge in [0.15, 0.2) is 0 Å². The van der Waals surface area contributed by atoms with E-state index in [0.29, 0.717) is 0 Å². The van der Waals surface area contributed by atoms with E-state index in [1.807, 2.05) is 0 Å². The minimum Gasteiger partial charge on any atom is -0.455 e. The number of nitrogens with zero attached hydrogens (tertiary/aromatic N) is 2. The Morgan fingerprint density at radius 3 is 1.11 bits per heavy atom. The number of hydrogen-bond acceptors (Lipinski definition) is 3. The van der Waals surface area contributed by atoms with Gasteiger partial charge in [-0.05, 0) is 217 Å². The molecule has 1 aromatic heterocycles. The molecule has 17 aromatic rings. The number of fused-ring (bicyclic) bond motifs is 23. The zero-order chi connectivity index (χ0) is 72.8. The van der Waals surface area contributed by atoms with Crippen LogP contribution in [-0.2, 0) is 21.7 Å². The van der Waals surface area contributed by atoms with Crippen molar-refractivity contribution >= 4 is 56.1 Å². The molecular formula is C106H76N2O.